The quantitative estimate of drug-likeness (QED) is 0.883. The van der Waals surface area contributed by atoms with Crippen LogP contribution in [0.4, 0.5) is 5.69 Å². The lowest BCUT2D eigenvalue weighted by Gasteiger charge is -2.36. The second kappa shape index (κ2) is 5.67. The summed E-state index contributed by atoms with van der Waals surface area (Å²) in [6, 6.07) is 4.80. The van der Waals surface area contributed by atoms with Crippen molar-refractivity contribution < 1.29 is 0 Å². The van der Waals surface area contributed by atoms with Gasteiger partial charge in [0, 0.05) is 19.1 Å². The largest absolute Gasteiger partial charge is 0.370 e. The number of likely N-dealkylation sites (tertiary alicyclic amines) is 1. The van der Waals surface area contributed by atoms with Crippen LogP contribution in [-0.2, 0) is 0 Å². The first kappa shape index (κ1) is 13.3. The van der Waals surface area contributed by atoms with Crippen LogP contribution in [0, 0.1) is 0 Å². The van der Waals surface area contributed by atoms with E-state index >= 15 is 0 Å². The topological polar surface area (TPSA) is 45.4 Å². The number of rotatable bonds is 3. The summed E-state index contributed by atoms with van der Waals surface area (Å²) in [5.74, 6) is 0. The first-order chi connectivity index (χ1) is 8.58. The van der Waals surface area contributed by atoms with Gasteiger partial charge < -0.3 is 15.5 Å². The van der Waals surface area contributed by atoms with Gasteiger partial charge in [0.25, 0.3) is 0 Å². The van der Waals surface area contributed by atoms with Crippen molar-refractivity contribution in [3.63, 3.8) is 0 Å². The second-order valence-corrected chi connectivity index (χ2v) is 5.38. The third-order valence-electron chi connectivity index (χ3n) is 3.88. The summed E-state index contributed by atoms with van der Waals surface area (Å²) >= 11 is 0. The van der Waals surface area contributed by atoms with Gasteiger partial charge in [0.15, 0.2) is 0 Å². The van der Waals surface area contributed by atoms with Crippen LogP contribution in [0.2, 0.25) is 0 Å². The van der Waals surface area contributed by atoms with E-state index in [-0.39, 0.29) is 6.04 Å². The zero-order chi connectivity index (χ0) is 13.1. The number of nitrogens with two attached hydrogens (primary N) is 1. The van der Waals surface area contributed by atoms with E-state index in [1.165, 1.54) is 31.6 Å². The molecular weight excluding hydrogens is 224 g/mol. The lowest BCUT2D eigenvalue weighted by molar-refractivity contribution is 0.253. The van der Waals surface area contributed by atoms with Crippen molar-refractivity contribution in [2.24, 2.45) is 5.73 Å². The van der Waals surface area contributed by atoms with E-state index in [1.54, 1.807) is 0 Å². The number of anilines is 1. The van der Waals surface area contributed by atoms with E-state index in [0.717, 1.165) is 5.69 Å². The van der Waals surface area contributed by atoms with Gasteiger partial charge in [0.1, 0.15) is 0 Å². The zero-order valence-electron chi connectivity index (χ0n) is 11.6. The van der Waals surface area contributed by atoms with Crippen LogP contribution < -0.4 is 10.6 Å². The molecular formula is C14H24N4. The Kier molecular flexibility index (Phi) is 4.19. The normalized spacial score (nSPS) is 19.8. The van der Waals surface area contributed by atoms with Crippen LogP contribution in [0.25, 0.3) is 0 Å². The number of aromatic nitrogens is 1. The minimum atomic E-state index is 0.00712. The molecule has 2 rings (SSSR count). The summed E-state index contributed by atoms with van der Waals surface area (Å²) in [4.78, 5) is 9.17. The standard InChI is InChI=1S/C14H24N4/c1-11(15)14-5-4-13(10-16-14)18(3)12-6-8-17(2)9-7-12/h4-5,10-12H,6-9,15H2,1-3H3/t11-/m1/s1. The molecule has 0 aliphatic carbocycles. The molecule has 4 nitrogen and oxygen atoms in total. The molecule has 2 heterocycles. The molecule has 2 N–H and O–H groups in total. The summed E-state index contributed by atoms with van der Waals surface area (Å²) in [5.41, 5.74) is 7.96. The first-order valence-corrected chi connectivity index (χ1v) is 6.71. The predicted octanol–water partition coefficient (Wildman–Crippen LogP) is 1.63. The molecule has 0 amide bonds. The van der Waals surface area contributed by atoms with E-state index in [1.807, 2.05) is 19.2 Å². The van der Waals surface area contributed by atoms with Crippen molar-refractivity contribution >= 4 is 5.69 Å². The SMILES string of the molecule is C[C@@H](N)c1ccc(N(C)C2CCN(C)CC2)cn1. The zero-order valence-corrected chi connectivity index (χ0v) is 11.6. The van der Waals surface area contributed by atoms with E-state index in [4.69, 9.17) is 5.73 Å². The summed E-state index contributed by atoms with van der Waals surface area (Å²) in [7, 11) is 4.35. The molecule has 18 heavy (non-hydrogen) atoms. The highest BCUT2D eigenvalue weighted by molar-refractivity contribution is 5.45. The lowest BCUT2D eigenvalue weighted by Crippen LogP contribution is -2.42. The number of hydrogen-bond donors (Lipinski definition) is 1. The first-order valence-electron chi connectivity index (χ1n) is 6.71. The summed E-state index contributed by atoms with van der Waals surface area (Å²) in [6.07, 6.45) is 4.39. The lowest BCUT2D eigenvalue weighted by atomic mass is 10.0. The van der Waals surface area contributed by atoms with Gasteiger partial charge in [-0.05, 0) is 52.0 Å². The molecule has 0 spiro atoms. The third kappa shape index (κ3) is 3.00. The Morgan fingerprint density at radius 1 is 1.39 bits per heavy atom. The fourth-order valence-corrected chi connectivity index (χ4v) is 2.47. The fraction of sp³-hybridized carbons (Fsp3) is 0.643. The van der Waals surface area contributed by atoms with Gasteiger partial charge >= 0.3 is 0 Å². The summed E-state index contributed by atoms with van der Waals surface area (Å²) in [5, 5.41) is 0. The van der Waals surface area contributed by atoms with Crippen LogP contribution in [0.3, 0.4) is 0 Å². The predicted molar refractivity (Wildman–Crippen MR) is 75.8 cm³/mol. The van der Waals surface area contributed by atoms with E-state index < -0.39 is 0 Å². The molecule has 1 fully saturated rings. The van der Waals surface area contributed by atoms with Crippen molar-refractivity contribution in [1.29, 1.82) is 0 Å². The van der Waals surface area contributed by atoms with Gasteiger partial charge in [-0.15, -0.1) is 0 Å². The Balaban J connectivity index is 2.02. The number of pyridine rings is 1. The van der Waals surface area contributed by atoms with Gasteiger partial charge in [0.2, 0.25) is 0 Å². The Morgan fingerprint density at radius 3 is 2.56 bits per heavy atom. The Hall–Kier alpha value is -1.13. The highest BCUT2D eigenvalue weighted by atomic mass is 15.2. The fourth-order valence-electron chi connectivity index (χ4n) is 2.47. The molecule has 1 aromatic rings. The Bertz CT molecular complexity index is 366. The van der Waals surface area contributed by atoms with E-state index in [2.05, 4.69) is 34.9 Å². The van der Waals surface area contributed by atoms with Gasteiger partial charge in [-0.2, -0.15) is 0 Å². The van der Waals surface area contributed by atoms with Crippen LogP contribution >= 0.6 is 0 Å². The highest BCUT2D eigenvalue weighted by Gasteiger charge is 2.20. The number of hydrogen-bond acceptors (Lipinski definition) is 4. The van der Waals surface area contributed by atoms with Crippen molar-refractivity contribution in [1.82, 2.24) is 9.88 Å². The molecule has 0 saturated carbocycles. The third-order valence-corrected chi connectivity index (χ3v) is 3.88. The molecule has 1 aliphatic heterocycles. The Labute approximate surface area is 110 Å². The summed E-state index contributed by atoms with van der Waals surface area (Å²) < 4.78 is 0. The molecule has 1 saturated heterocycles. The van der Waals surface area contributed by atoms with Crippen LogP contribution in [-0.4, -0.2) is 43.1 Å². The minimum absolute atomic E-state index is 0.00712. The van der Waals surface area contributed by atoms with Crippen molar-refractivity contribution in [3.8, 4) is 0 Å². The van der Waals surface area contributed by atoms with Gasteiger partial charge in [-0.1, -0.05) is 0 Å². The molecule has 4 heteroatoms. The second-order valence-electron chi connectivity index (χ2n) is 5.38. The maximum absolute atomic E-state index is 5.82. The van der Waals surface area contributed by atoms with Crippen molar-refractivity contribution in [3.05, 3.63) is 24.0 Å². The van der Waals surface area contributed by atoms with E-state index in [9.17, 15) is 0 Å². The molecule has 1 aliphatic rings. The van der Waals surface area contributed by atoms with Gasteiger partial charge in [-0.3, -0.25) is 4.98 Å². The van der Waals surface area contributed by atoms with Crippen molar-refractivity contribution in [2.75, 3.05) is 32.1 Å². The maximum atomic E-state index is 5.82. The smallest absolute Gasteiger partial charge is 0.0569 e. The van der Waals surface area contributed by atoms with Crippen LogP contribution in [0.1, 0.15) is 31.5 Å². The summed E-state index contributed by atoms with van der Waals surface area (Å²) in [6.45, 7) is 4.32. The molecule has 0 aromatic carbocycles. The molecule has 0 unspecified atom stereocenters. The van der Waals surface area contributed by atoms with Crippen LogP contribution in [0.5, 0.6) is 0 Å². The molecule has 0 bridgehead atoms. The van der Waals surface area contributed by atoms with Crippen molar-refractivity contribution in [2.45, 2.75) is 31.8 Å². The van der Waals surface area contributed by atoms with E-state index in [0.29, 0.717) is 6.04 Å². The monoisotopic (exact) mass is 248 g/mol. The Morgan fingerprint density at radius 2 is 2.06 bits per heavy atom. The average molecular weight is 248 g/mol. The van der Waals surface area contributed by atoms with Gasteiger partial charge in [0.05, 0.1) is 17.6 Å². The average Bonchev–Trinajstić information content (AvgIpc) is 2.39. The highest BCUT2D eigenvalue weighted by Crippen LogP contribution is 2.21. The van der Waals surface area contributed by atoms with Gasteiger partial charge in [-0.25, -0.2) is 0 Å². The molecule has 0 radical (unpaired) electrons. The van der Waals surface area contributed by atoms with Crippen LogP contribution in [0.15, 0.2) is 18.3 Å². The maximum Gasteiger partial charge on any atom is 0.0569 e. The number of piperidine rings is 1. The minimum Gasteiger partial charge on any atom is -0.370 e. The molecule has 100 valence electrons. The molecule has 1 atom stereocenters. The molecule has 1 aromatic heterocycles. The number of nitrogens with zero attached hydrogens (tertiary/aromatic N) is 3.